The van der Waals surface area contributed by atoms with Gasteiger partial charge >= 0.3 is 5.97 Å². The molecular formula is C16H18F2N2O4. The number of nitrogens with one attached hydrogen (secondary N) is 1. The Bertz CT molecular complexity index is 691. The Morgan fingerprint density at radius 2 is 2.04 bits per heavy atom. The van der Waals surface area contributed by atoms with Gasteiger partial charge in [0.1, 0.15) is 11.6 Å². The molecule has 0 aromatic heterocycles. The summed E-state index contributed by atoms with van der Waals surface area (Å²) in [6.07, 6.45) is -0.115. The minimum atomic E-state index is -1.14. The van der Waals surface area contributed by atoms with E-state index in [9.17, 15) is 23.2 Å². The van der Waals surface area contributed by atoms with Crippen LogP contribution < -0.4 is 10.2 Å². The lowest BCUT2D eigenvalue weighted by molar-refractivity contribution is -0.147. The number of rotatable bonds is 5. The van der Waals surface area contributed by atoms with Gasteiger partial charge < -0.3 is 15.3 Å². The highest BCUT2D eigenvalue weighted by Crippen LogP contribution is 2.28. The summed E-state index contributed by atoms with van der Waals surface area (Å²) in [6, 6.07) is 2.86. The fourth-order valence-electron chi connectivity index (χ4n) is 2.34. The molecule has 8 heteroatoms. The zero-order chi connectivity index (χ0) is 18.1. The van der Waals surface area contributed by atoms with E-state index in [0.717, 1.165) is 17.0 Å². The summed E-state index contributed by atoms with van der Waals surface area (Å²) in [6.45, 7) is 2.81. The van der Waals surface area contributed by atoms with Gasteiger partial charge in [0.2, 0.25) is 11.8 Å². The first-order valence-corrected chi connectivity index (χ1v) is 7.38. The molecule has 1 aliphatic rings. The van der Waals surface area contributed by atoms with Gasteiger partial charge in [-0.3, -0.25) is 14.4 Å². The highest BCUT2D eigenvalue weighted by Gasteiger charge is 2.37. The second kappa shape index (κ2) is 6.54. The van der Waals surface area contributed by atoms with Gasteiger partial charge in [-0.25, -0.2) is 8.78 Å². The van der Waals surface area contributed by atoms with E-state index in [2.05, 4.69) is 5.32 Å². The minimum absolute atomic E-state index is 0.0410. The van der Waals surface area contributed by atoms with Gasteiger partial charge in [-0.05, 0) is 26.0 Å². The molecule has 2 rings (SSSR count). The van der Waals surface area contributed by atoms with E-state index < -0.39 is 40.8 Å². The van der Waals surface area contributed by atoms with Crippen molar-refractivity contribution in [3.8, 4) is 0 Å². The summed E-state index contributed by atoms with van der Waals surface area (Å²) < 4.78 is 26.8. The van der Waals surface area contributed by atoms with Gasteiger partial charge in [0.15, 0.2) is 0 Å². The first kappa shape index (κ1) is 17.8. The van der Waals surface area contributed by atoms with Crippen LogP contribution in [0.4, 0.5) is 14.5 Å². The molecule has 1 atom stereocenters. The van der Waals surface area contributed by atoms with E-state index in [0.29, 0.717) is 6.07 Å². The van der Waals surface area contributed by atoms with Crippen LogP contribution in [0, 0.1) is 23.0 Å². The molecule has 1 aromatic rings. The molecule has 0 bridgehead atoms. The van der Waals surface area contributed by atoms with Crippen LogP contribution >= 0.6 is 0 Å². The van der Waals surface area contributed by atoms with Crippen molar-refractivity contribution in [3.05, 3.63) is 29.8 Å². The fourth-order valence-corrected chi connectivity index (χ4v) is 2.34. The molecule has 2 N–H and O–H groups in total. The molecule has 2 amide bonds. The quantitative estimate of drug-likeness (QED) is 0.851. The van der Waals surface area contributed by atoms with Crippen LogP contribution in [-0.4, -0.2) is 36.0 Å². The predicted molar refractivity (Wildman–Crippen MR) is 81.2 cm³/mol. The number of hydrogen-bond donors (Lipinski definition) is 2. The number of hydrogen-bond acceptors (Lipinski definition) is 3. The third kappa shape index (κ3) is 3.69. The van der Waals surface area contributed by atoms with Crippen LogP contribution in [0.1, 0.15) is 20.3 Å². The molecule has 6 nitrogen and oxygen atoms in total. The molecule has 1 saturated heterocycles. The second-order valence-electron chi connectivity index (χ2n) is 6.41. The lowest BCUT2D eigenvalue weighted by Crippen LogP contribution is -2.41. The topological polar surface area (TPSA) is 86.7 Å². The molecule has 0 aliphatic carbocycles. The van der Waals surface area contributed by atoms with Crippen molar-refractivity contribution >= 4 is 23.5 Å². The Morgan fingerprint density at radius 1 is 1.38 bits per heavy atom. The highest BCUT2D eigenvalue weighted by atomic mass is 19.1. The first-order valence-electron chi connectivity index (χ1n) is 7.38. The Kier molecular flexibility index (Phi) is 4.86. The number of benzene rings is 1. The van der Waals surface area contributed by atoms with Crippen molar-refractivity contribution < 1.29 is 28.3 Å². The standard InChI is InChI=1S/C16H18F2N2O4/c1-16(2,15(23)24)8-19-14(22)9-5-13(21)20(7-9)12-4-3-10(17)6-11(12)18/h3-4,6,9H,5,7-8H2,1-2H3,(H,19,22)(H,23,24). The molecule has 1 aliphatic heterocycles. The van der Waals surface area contributed by atoms with Crippen molar-refractivity contribution in [2.75, 3.05) is 18.0 Å². The van der Waals surface area contributed by atoms with Crippen molar-refractivity contribution in [1.29, 1.82) is 0 Å². The largest absolute Gasteiger partial charge is 0.481 e. The maximum atomic E-state index is 13.8. The summed E-state index contributed by atoms with van der Waals surface area (Å²) in [5.41, 5.74) is -1.22. The summed E-state index contributed by atoms with van der Waals surface area (Å²) in [5, 5.41) is 11.5. The number of carboxylic acid groups (broad SMARTS) is 1. The number of halogens is 2. The predicted octanol–water partition coefficient (Wildman–Crippen LogP) is 1.54. The Morgan fingerprint density at radius 3 is 2.62 bits per heavy atom. The molecule has 0 radical (unpaired) electrons. The number of nitrogens with zero attached hydrogens (tertiary/aromatic N) is 1. The van der Waals surface area contributed by atoms with Gasteiger partial charge in [-0.1, -0.05) is 0 Å². The molecule has 1 unspecified atom stereocenters. The summed E-state index contributed by atoms with van der Waals surface area (Å²) in [4.78, 5) is 36.3. The van der Waals surface area contributed by atoms with Gasteiger partial charge in [-0.15, -0.1) is 0 Å². The molecule has 0 saturated carbocycles. The van der Waals surface area contributed by atoms with Crippen molar-refractivity contribution in [3.63, 3.8) is 0 Å². The summed E-state index contributed by atoms with van der Waals surface area (Å²) in [7, 11) is 0. The van der Waals surface area contributed by atoms with E-state index in [1.165, 1.54) is 13.8 Å². The number of carbonyl (C=O) groups is 3. The molecule has 24 heavy (non-hydrogen) atoms. The van der Waals surface area contributed by atoms with Crippen molar-refractivity contribution in [2.24, 2.45) is 11.3 Å². The highest BCUT2D eigenvalue weighted by molar-refractivity contribution is 6.00. The van der Waals surface area contributed by atoms with Crippen LogP contribution in [0.3, 0.4) is 0 Å². The van der Waals surface area contributed by atoms with Crippen LogP contribution in [0.2, 0.25) is 0 Å². The van der Waals surface area contributed by atoms with Gasteiger partial charge in [0.25, 0.3) is 0 Å². The smallest absolute Gasteiger partial charge is 0.310 e. The lowest BCUT2D eigenvalue weighted by atomic mass is 9.93. The lowest BCUT2D eigenvalue weighted by Gasteiger charge is -2.21. The second-order valence-corrected chi connectivity index (χ2v) is 6.41. The number of anilines is 1. The van der Waals surface area contributed by atoms with Crippen LogP contribution in [0.5, 0.6) is 0 Å². The molecule has 1 fully saturated rings. The molecular weight excluding hydrogens is 322 g/mol. The number of carbonyl (C=O) groups excluding carboxylic acids is 2. The monoisotopic (exact) mass is 340 g/mol. The zero-order valence-corrected chi connectivity index (χ0v) is 13.3. The third-order valence-corrected chi connectivity index (χ3v) is 3.98. The first-order chi connectivity index (χ1) is 11.1. The Balaban J connectivity index is 2.04. The van der Waals surface area contributed by atoms with Gasteiger partial charge in [0.05, 0.1) is 17.0 Å². The van der Waals surface area contributed by atoms with Crippen molar-refractivity contribution in [1.82, 2.24) is 5.32 Å². The number of carboxylic acids is 1. The Labute approximate surface area is 137 Å². The fraction of sp³-hybridized carbons (Fsp3) is 0.438. The normalized spacial score (nSPS) is 17.9. The maximum absolute atomic E-state index is 13.8. The van der Waals surface area contributed by atoms with Crippen LogP contribution in [-0.2, 0) is 14.4 Å². The van der Waals surface area contributed by atoms with Crippen LogP contribution in [0.15, 0.2) is 18.2 Å². The molecule has 1 aromatic carbocycles. The van der Waals surface area contributed by atoms with E-state index in [1.54, 1.807) is 0 Å². The van der Waals surface area contributed by atoms with Gasteiger partial charge in [0, 0.05) is 25.6 Å². The molecule has 0 spiro atoms. The molecule has 1 heterocycles. The molecule has 130 valence electrons. The number of amides is 2. The number of aliphatic carboxylic acids is 1. The van der Waals surface area contributed by atoms with E-state index in [4.69, 9.17) is 5.11 Å². The van der Waals surface area contributed by atoms with E-state index in [1.807, 2.05) is 0 Å². The summed E-state index contributed by atoms with van der Waals surface area (Å²) >= 11 is 0. The van der Waals surface area contributed by atoms with Gasteiger partial charge in [-0.2, -0.15) is 0 Å². The van der Waals surface area contributed by atoms with Crippen LogP contribution in [0.25, 0.3) is 0 Å². The SMILES string of the molecule is CC(C)(CNC(=O)C1CC(=O)N(c2ccc(F)cc2F)C1)C(=O)O. The third-order valence-electron chi connectivity index (χ3n) is 3.98. The Hall–Kier alpha value is -2.51. The zero-order valence-electron chi connectivity index (χ0n) is 13.3. The summed E-state index contributed by atoms with van der Waals surface area (Å²) in [5.74, 6) is -4.32. The van der Waals surface area contributed by atoms with Crippen molar-refractivity contribution in [2.45, 2.75) is 20.3 Å². The van der Waals surface area contributed by atoms with E-state index >= 15 is 0 Å². The van der Waals surface area contributed by atoms with E-state index in [-0.39, 0.29) is 25.2 Å². The maximum Gasteiger partial charge on any atom is 0.310 e. The minimum Gasteiger partial charge on any atom is -0.481 e. The average Bonchev–Trinajstić information content (AvgIpc) is 2.86. The average molecular weight is 340 g/mol.